The zero-order chi connectivity index (χ0) is 45.7. The Kier molecular flexibility index (Phi) is 9.48. The molecule has 7 aromatic rings. The van der Waals surface area contributed by atoms with Crippen LogP contribution in [0.3, 0.4) is 0 Å². The predicted molar refractivity (Wildman–Crippen MR) is 285 cm³/mol. The highest BCUT2D eigenvalue weighted by molar-refractivity contribution is 7.33. The maximum Gasteiger partial charge on any atom is 0.264 e. The Balaban J connectivity index is 1.25. The van der Waals surface area contributed by atoms with Gasteiger partial charge >= 0.3 is 0 Å². The summed E-state index contributed by atoms with van der Waals surface area (Å²) in [6, 6.07) is 43.9. The molecule has 2 aliphatic heterocycles. The Morgan fingerprint density at radius 1 is 0.600 bits per heavy atom. The fourth-order valence-corrected chi connectivity index (χ4v) is 13.5. The largest absolute Gasteiger partial charge is 0.311 e. The summed E-state index contributed by atoms with van der Waals surface area (Å²) < 4.78 is 2.90. The van der Waals surface area contributed by atoms with E-state index in [0.717, 1.165) is 0 Å². The van der Waals surface area contributed by atoms with E-state index in [-0.39, 0.29) is 28.4 Å². The molecule has 12 rings (SSSR count). The fraction of sp³-hybridized carbons (Fsp3) is 0.377. The Hall–Kier alpha value is -5.06. The summed E-state index contributed by atoms with van der Waals surface area (Å²) in [6.07, 6.45) is 5.19. The zero-order valence-electron chi connectivity index (χ0n) is 41.3. The molecule has 0 N–H and O–H groups in total. The van der Waals surface area contributed by atoms with Crippen LogP contribution >= 0.6 is 11.3 Å². The first-order chi connectivity index (χ1) is 30.7. The molecule has 4 heteroatoms. The van der Waals surface area contributed by atoms with Crippen molar-refractivity contribution >= 4 is 78.0 Å². The van der Waals surface area contributed by atoms with Crippen LogP contribution in [0.4, 0.5) is 34.1 Å². The second-order valence-corrected chi connectivity index (χ2v) is 25.0. The van der Waals surface area contributed by atoms with Crippen LogP contribution in [-0.2, 0) is 21.7 Å². The maximum absolute atomic E-state index is 2.73. The van der Waals surface area contributed by atoms with E-state index in [1.807, 2.05) is 0 Å². The third-order valence-corrected chi connectivity index (χ3v) is 17.4. The van der Waals surface area contributed by atoms with Crippen molar-refractivity contribution in [3.8, 4) is 11.1 Å². The van der Waals surface area contributed by atoms with Crippen molar-refractivity contribution in [1.82, 2.24) is 0 Å². The Bertz CT molecular complexity index is 3060. The van der Waals surface area contributed by atoms with Crippen LogP contribution in [0, 0.1) is 19.8 Å². The van der Waals surface area contributed by atoms with Crippen LogP contribution in [0.2, 0.25) is 0 Å². The SMILES string of the molecule is Cc1ccc(N2c3cc(C)cc4c3B(c3cc(C(C)(C)C)ccc3N4c3ccc(C(C)(C)C)cc3)c3sc4cc5c(cc4c32)C2CCC5(C)CCC2C)c(-c2ccc(C(C)(C)C)cc2)c1. The van der Waals surface area contributed by atoms with E-state index in [9.17, 15) is 0 Å². The van der Waals surface area contributed by atoms with Gasteiger partial charge in [0.25, 0.3) is 6.71 Å². The number of nitrogens with zero attached hydrogens (tertiary/aromatic N) is 2. The van der Waals surface area contributed by atoms with Gasteiger partial charge in [-0.05, 0) is 177 Å². The average Bonchev–Trinajstić information content (AvgIpc) is 3.49. The molecule has 0 saturated heterocycles. The van der Waals surface area contributed by atoms with Gasteiger partial charge in [0.1, 0.15) is 0 Å². The van der Waals surface area contributed by atoms with E-state index in [0.29, 0.717) is 11.8 Å². The minimum Gasteiger partial charge on any atom is -0.311 e. The number of fused-ring (bicyclic) bond motifs is 9. The first kappa shape index (κ1) is 42.6. The van der Waals surface area contributed by atoms with Crippen LogP contribution in [-0.4, -0.2) is 6.71 Å². The van der Waals surface area contributed by atoms with E-state index < -0.39 is 0 Å². The van der Waals surface area contributed by atoms with Gasteiger partial charge in [-0.25, -0.2) is 0 Å². The van der Waals surface area contributed by atoms with Gasteiger partial charge < -0.3 is 9.80 Å². The van der Waals surface area contributed by atoms with Crippen molar-refractivity contribution in [3.05, 3.63) is 148 Å². The molecule has 330 valence electrons. The van der Waals surface area contributed by atoms with Gasteiger partial charge in [0.15, 0.2) is 0 Å². The summed E-state index contributed by atoms with van der Waals surface area (Å²) in [5.41, 5.74) is 23.3. The summed E-state index contributed by atoms with van der Waals surface area (Å²) in [7, 11) is 0. The molecule has 3 unspecified atom stereocenters. The monoisotopic (exact) mass is 871 g/mol. The number of rotatable bonds is 3. The van der Waals surface area contributed by atoms with E-state index in [1.54, 1.807) is 11.1 Å². The topological polar surface area (TPSA) is 6.48 Å². The minimum atomic E-state index is -0.00336. The molecule has 6 aromatic carbocycles. The lowest BCUT2D eigenvalue weighted by molar-refractivity contribution is 0.383. The number of thiophene rings is 1. The molecular formula is C61H67BN2S. The highest BCUT2D eigenvalue weighted by atomic mass is 32.1. The average molecular weight is 871 g/mol. The van der Waals surface area contributed by atoms with Crippen LogP contribution in [0.25, 0.3) is 21.2 Å². The van der Waals surface area contributed by atoms with Gasteiger partial charge in [0.05, 0.1) is 11.4 Å². The second-order valence-electron chi connectivity index (χ2n) is 24.0. The van der Waals surface area contributed by atoms with Crippen molar-refractivity contribution in [2.75, 3.05) is 9.80 Å². The molecular weight excluding hydrogens is 804 g/mol. The van der Waals surface area contributed by atoms with Gasteiger partial charge in [-0.2, -0.15) is 0 Å². The minimum absolute atomic E-state index is 0.00336. The Labute approximate surface area is 394 Å². The number of hydrogen-bond acceptors (Lipinski definition) is 3. The number of hydrogen-bond donors (Lipinski definition) is 0. The molecule has 1 fully saturated rings. The lowest BCUT2D eigenvalue weighted by atomic mass is 9.36. The van der Waals surface area contributed by atoms with Gasteiger partial charge in [-0.15, -0.1) is 11.3 Å². The summed E-state index contributed by atoms with van der Waals surface area (Å²) in [4.78, 5) is 5.32. The lowest BCUT2D eigenvalue weighted by Crippen LogP contribution is -2.60. The molecule has 3 atom stereocenters. The fourth-order valence-electron chi connectivity index (χ4n) is 12.2. The van der Waals surface area contributed by atoms with E-state index in [1.165, 1.54) is 125 Å². The van der Waals surface area contributed by atoms with Crippen molar-refractivity contribution in [2.24, 2.45) is 5.92 Å². The van der Waals surface area contributed by atoms with Crippen LogP contribution in [0.1, 0.15) is 147 Å². The molecule has 5 aliphatic rings. The maximum atomic E-state index is 2.73. The van der Waals surface area contributed by atoms with Crippen molar-refractivity contribution in [3.63, 3.8) is 0 Å². The standard InChI is InChI=1S/C61H67BN2S/c1-36-14-24-50(45(30-36)39-15-17-40(18-16-39)58(4,5)6)64-53-32-37(2)31-52-55(53)62(57-56(64)47-34-46-44-27-29-61(13,28-26-38(44)3)48(46)35-54(47)65-57)49-33-42(60(10,11)12)21-25-51(49)63(52)43-22-19-41(20-23-43)59(7,8)9/h14-25,30-35,38,44H,26-29H2,1-13H3. The Morgan fingerprint density at radius 2 is 1.20 bits per heavy atom. The highest BCUT2D eigenvalue weighted by Crippen LogP contribution is 2.57. The quantitative estimate of drug-likeness (QED) is 0.163. The Morgan fingerprint density at radius 3 is 1.86 bits per heavy atom. The predicted octanol–water partition coefficient (Wildman–Crippen LogP) is 15.7. The zero-order valence-corrected chi connectivity index (χ0v) is 42.1. The second kappa shape index (κ2) is 14.5. The summed E-state index contributed by atoms with van der Waals surface area (Å²) in [5.74, 6) is 1.30. The van der Waals surface area contributed by atoms with Crippen molar-refractivity contribution in [2.45, 2.75) is 143 Å². The molecule has 3 aliphatic carbocycles. The van der Waals surface area contributed by atoms with Gasteiger partial charge in [-0.3, -0.25) is 0 Å². The van der Waals surface area contributed by atoms with Gasteiger partial charge in [-0.1, -0.05) is 136 Å². The van der Waals surface area contributed by atoms with Crippen LogP contribution in [0.5, 0.6) is 0 Å². The summed E-state index contributed by atoms with van der Waals surface area (Å²) in [6.45, 7) is 30.7. The first-order valence-corrected chi connectivity index (χ1v) is 25.3. The van der Waals surface area contributed by atoms with Gasteiger partial charge in [0.2, 0.25) is 0 Å². The molecule has 0 radical (unpaired) electrons. The molecule has 3 heterocycles. The third-order valence-electron chi connectivity index (χ3n) is 16.2. The number of benzene rings is 6. The van der Waals surface area contributed by atoms with Gasteiger partial charge in [0, 0.05) is 43.2 Å². The lowest BCUT2D eigenvalue weighted by Gasteiger charge is -2.44. The van der Waals surface area contributed by atoms with Crippen molar-refractivity contribution in [1.29, 1.82) is 0 Å². The molecule has 2 bridgehead atoms. The molecule has 65 heavy (non-hydrogen) atoms. The number of anilines is 6. The van der Waals surface area contributed by atoms with E-state index in [2.05, 4.69) is 220 Å². The highest BCUT2D eigenvalue weighted by Gasteiger charge is 2.48. The first-order valence-electron chi connectivity index (χ1n) is 24.5. The number of aryl methyl sites for hydroxylation is 2. The summed E-state index contributed by atoms with van der Waals surface area (Å²) >= 11 is 2.08. The molecule has 1 aromatic heterocycles. The summed E-state index contributed by atoms with van der Waals surface area (Å²) in [5, 5.41) is 1.42. The molecule has 2 nitrogen and oxygen atoms in total. The smallest absolute Gasteiger partial charge is 0.264 e. The normalized spacial score (nSPS) is 20.1. The van der Waals surface area contributed by atoms with Crippen LogP contribution in [0.15, 0.2) is 109 Å². The van der Waals surface area contributed by atoms with Crippen molar-refractivity contribution < 1.29 is 0 Å². The molecule has 0 spiro atoms. The molecule has 0 amide bonds. The molecule has 1 saturated carbocycles. The van der Waals surface area contributed by atoms with E-state index in [4.69, 9.17) is 0 Å². The van der Waals surface area contributed by atoms with E-state index >= 15 is 0 Å². The van der Waals surface area contributed by atoms with Crippen LogP contribution < -0.4 is 25.5 Å². The third kappa shape index (κ3) is 6.70.